The number of nitrogens with one attached hydrogen (secondary N) is 1. The molecule has 0 saturated carbocycles. The molecule has 0 amide bonds. The third kappa shape index (κ3) is 2.32. The molecule has 2 fully saturated rings. The van der Waals surface area contributed by atoms with Crippen LogP contribution in [0.25, 0.3) is 0 Å². The summed E-state index contributed by atoms with van der Waals surface area (Å²) in [7, 11) is 0. The quantitative estimate of drug-likeness (QED) is 0.860. The zero-order valence-electron chi connectivity index (χ0n) is 11.6. The van der Waals surface area contributed by atoms with E-state index in [-0.39, 0.29) is 0 Å². The van der Waals surface area contributed by atoms with Crippen LogP contribution in [0.4, 0.5) is 0 Å². The Hall–Kier alpha value is -0.860. The SMILES string of the molecule is Cc1ccc(CN2CCCC3CNCC32)c(C)c1. The number of hydrogen-bond donors (Lipinski definition) is 1. The Labute approximate surface area is 110 Å². The second-order valence-corrected chi connectivity index (χ2v) is 6.03. The molecule has 18 heavy (non-hydrogen) atoms. The van der Waals surface area contributed by atoms with E-state index in [0.29, 0.717) is 0 Å². The Kier molecular flexibility index (Phi) is 3.40. The molecule has 1 aromatic rings. The molecule has 0 aliphatic carbocycles. The highest BCUT2D eigenvalue weighted by atomic mass is 15.2. The molecule has 2 nitrogen and oxygen atoms in total. The Morgan fingerprint density at radius 1 is 1.28 bits per heavy atom. The lowest BCUT2D eigenvalue weighted by Gasteiger charge is -2.37. The molecular weight excluding hydrogens is 220 g/mol. The summed E-state index contributed by atoms with van der Waals surface area (Å²) in [5.74, 6) is 0.893. The van der Waals surface area contributed by atoms with E-state index in [0.717, 1.165) is 18.5 Å². The predicted octanol–water partition coefficient (Wildman–Crippen LogP) is 2.49. The molecule has 0 aromatic heterocycles. The minimum atomic E-state index is 0.777. The molecule has 2 saturated heterocycles. The zero-order valence-corrected chi connectivity index (χ0v) is 11.6. The maximum Gasteiger partial charge on any atom is 0.0264 e. The molecule has 1 N–H and O–H groups in total. The van der Waals surface area contributed by atoms with Crippen LogP contribution >= 0.6 is 0 Å². The first-order chi connectivity index (χ1) is 8.74. The van der Waals surface area contributed by atoms with Gasteiger partial charge < -0.3 is 5.32 Å². The summed E-state index contributed by atoms with van der Waals surface area (Å²) in [5.41, 5.74) is 4.33. The molecule has 2 aliphatic rings. The van der Waals surface area contributed by atoms with Gasteiger partial charge in [-0.1, -0.05) is 23.8 Å². The van der Waals surface area contributed by atoms with Gasteiger partial charge in [-0.2, -0.15) is 0 Å². The largest absolute Gasteiger partial charge is 0.315 e. The molecule has 2 heterocycles. The third-order valence-corrected chi connectivity index (χ3v) is 4.66. The van der Waals surface area contributed by atoms with Crippen LogP contribution < -0.4 is 5.32 Å². The van der Waals surface area contributed by atoms with E-state index in [1.165, 1.54) is 49.2 Å². The van der Waals surface area contributed by atoms with Crippen LogP contribution in [0.2, 0.25) is 0 Å². The average molecular weight is 244 g/mol. The smallest absolute Gasteiger partial charge is 0.0264 e. The van der Waals surface area contributed by atoms with E-state index < -0.39 is 0 Å². The molecule has 3 rings (SSSR count). The molecule has 0 bridgehead atoms. The fraction of sp³-hybridized carbons (Fsp3) is 0.625. The molecule has 1 aromatic carbocycles. The van der Waals surface area contributed by atoms with Gasteiger partial charge in [0, 0.05) is 19.1 Å². The lowest BCUT2D eigenvalue weighted by Crippen LogP contribution is -2.44. The van der Waals surface area contributed by atoms with Crippen molar-refractivity contribution >= 4 is 0 Å². The minimum absolute atomic E-state index is 0.777. The van der Waals surface area contributed by atoms with Crippen molar-refractivity contribution in [2.45, 2.75) is 39.3 Å². The number of likely N-dealkylation sites (tertiary alicyclic amines) is 1. The van der Waals surface area contributed by atoms with E-state index in [4.69, 9.17) is 0 Å². The first-order valence-electron chi connectivity index (χ1n) is 7.25. The average Bonchev–Trinajstić information content (AvgIpc) is 2.82. The number of benzene rings is 1. The van der Waals surface area contributed by atoms with Gasteiger partial charge in [-0.3, -0.25) is 4.90 Å². The van der Waals surface area contributed by atoms with E-state index in [1.807, 2.05) is 0 Å². The zero-order chi connectivity index (χ0) is 12.5. The number of hydrogen-bond acceptors (Lipinski definition) is 2. The topological polar surface area (TPSA) is 15.3 Å². The lowest BCUT2D eigenvalue weighted by atomic mass is 9.91. The Balaban J connectivity index is 1.75. The van der Waals surface area contributed by atoms with E-state index >= 15 is 0 Å². The standard InChI is InChI=1S/C16H24N2/c1-12-5-6-15(13(2)8-12)11-18-7-3-4-14-9-17-10-16(14)18/h5-6,8,14,16-17H,3-4,7,9-11H2,1-2H3. The normalized spacial score (nSPS) is 28.3. The molecule has 0 spiro atoms. The van der Waals surface area contributed by atoms with E-state index in [1.54, 1.807) is 0 Å². The number of nitrogens with zero attached hydrogens (tertiary/aromatic N) is 1. The fourth-order valence-corrected chi connectivity index (χ4v) is 3.60. The van der Waals surface area contributed by atoms with Crippen LogP contribution in [0.15, 0.2) is 18.2 Å². The van der Waals surface area contributed by atoms with Crippen molar-refractivity contribution in [1.29, 1.82) is 0 Å². The van der Waals surface area contributed by atoms with Crippen LogP contribution in [-0.4, -0.2) is 30.6 Å². The van der Waals surface area contributed by atoms with Gasteiger partial charge in [-0.05, 0) is 56.8 Å². The van der Waals surface area contributed by atoms with Gasteiger partial charge in [-0.15, -0.1) is 0 Å². The molecule has 0 radical (unpaired) electrons. The Morgan fingerprint density at radius 3 is 3.00 bits per heavy atom. The summed E-state index contributed by atoms with van der Waals surface area (Å²) in [6.07, 6.45) is 2.79. The van der Waals surface area contributed by atoms with Gasteiger partial charge in [0.2, 0.25) is 0 Å². The molecule has 2 unspecified atom stereocenters. The highest BCUT2D eigenvalue weighted by Gasteiger charge is 2.34. The van der Waals surface area contributed by atoms with Gasteiger partial charge in [0.1, 0.15) is 0 Å². The van der Waals surface area contributed by atoms with Crippen molar-refractivity contribution < 1.29 is 0 Å². The highest BCUT2D eigenvalue weighted by Crippen LogP contribution is 2.28. The predicted molar refractivity (Wildman–Crippen MR) is 75.7 cm³/mol. The van der Waals surface area contributed by atoms with Crippen LogP contribution in [0, 0.1) is 19.8 Å². The maximum atomic E-state index is 3.56. The molecule has 2 atom stereocenters. The summed E-state index contributed by atoms with van der Waals surface area (Å²) in [4.78, 5) is 2.70. The highest BCUT2D eigenvalue weighted by molar-refractivity contribution is 5.30. The summed E-state index contributed by atoms with van der Waals surface area (Å²) in [6, 6.07) is 7.65. The summed E-state index contributed by atoms with van der Waals surface area (Å²) >= 11 is 0. The number of rotatable bonds is 2. The van der Waals surface area contributed by atoms with Crippen molar-refractivity contribution in [2.75, 3.05) is 19.6 Å². The van der Waals surface area contributed by atoms with Crippen LogP contribution in [0.3, 0.4) is 0 Å². The molecule has 98 valence electrons. The number of piperidine rings is 1. The van der Waals surface area contributed by atoms with Crippen molar-refractivity contribution in [3.8, 4) is 0 Å². The van der Waals surface area contributed by atoms with Crippen molar-refractivity contribution in [2.24, 2.45) is 5.92 Å². The van der Waals surface area contributed by atoms with Crippen LogP contribution in [0.5, 0.6) is 0 Å². The molecule has 2 heteroatoms. The second-order valence-electron chi connectivity index (χ2n) is 6.03. The van der Waals surface area contributed by atoms with Crippen molar-refractivity contribution in [3.05, 3.63) is 34.9 Å². The van der Waals surface area contributed by atoms with Crippen LogP contribution in [0.1, 0.15) is 29.5 Å². The summed E-state index contributed by atoms with van der Waals surface area (Å²) < 4.78 is 0. The lowest BCUT2D eigenvalue weighted by molar-refractivity contribution is 0.117. The Morgan fingerprint density at radius 2 is 2.17 bits per heavy atom. The third-order valence-electron chi connectivity index (χ3n) is 4.66. The molecule has 2 aliphatic heterocycles. The maximum absolute atomic E-state index is 3.56. The fourth-order valence-electron chi connectivity index (χ4n) is 3.60. The van der Waals surface area contributed by atoms with Gasteiger partial charge in [-0.25, -0.2) is 0 Å². The van der Waals surface area contributed by atoms with E-state index in [9.17, 15) is 0 Å². The van der Waals surface area contributed by atoms with Gasteiger partial charge in [0.25, 0.3) is 0 Å². The summed E-state index contributed by atoms with van der Waals surface area (Å²) in [5, 5.41) is 3.56. The first-order valence-corrected chi connectivity index (χ1v) is 7.25. The van der Waals surface area contributed by atoms with Gasteiger partial charge in [0.05, 0.1) is 0 Å². The first kappa shape index (κ1) is 12.2. The van der Waals surface area contributed by atoms with Gasteiger partial charge >= 0.3 is 0 Å². The van der Waals surface area contributed by atoms with Crippen molar-refractivity contribution in [3.63, 3.8) is 0 Å². The molecular formula is C16H24N2. The van der Waals surface area contributed by atoms with Gasteiger partial charge in [0.15, 0.2) is 0 Å². The van der Waals surface area contributed by atoms with E-state index in [2.05, 4.69) is 42.3 Å². The Bertz CT molecular complexity index is 427. The van der Waals surface area contributed by atoms with Crippen molar-refractivity contribution in [1.82, 2.24) is 10.2 Å². The number of fused-ring (bicyclic) bond motifs is 1. The monoisotopic (exact) mass is 244 g/mol. The number of aryl methyl sites for hydroxylation is 2. The summed E-state index contributed by atoms with van der Waals surface area (Å²) in [6.45, 7) is 9.25. The van der Waals surface area contributed by atoms with Crippen LogP contribution in [-0.2, 0) is 6.54 Å². The second kappa shape index (κ2) is 5.02. The minimum Gasteiger partial charge on any atom is -0.315 e.